The third-order valence-electron chi connectivity index (χ3n) is 3.34. The molecule has 0 N–H and O–H groups in total. The molecule has 0 saturated carbocycles. The zero-order valence-corrected chi connectivity index (χ0v) is 12.8. The first-order chi connectivity index (χ1) is 10.1. The van der Waals surface area contributed by atoms with Gasteiger partial charge in [0.1, 0.15) is 5.75 Å². The lowest BCUT2D eigenvalue weighted by molar-refractivity contribution is 0.0942. The summed E-state index contributed by atoms with van der Waals surface area (Å²) in [5.41, 5.74) is 3.14. The van der Waals surface area contributed by atoms with E-state index in [0.717, 1.165) is 6.54 Å². The van der Waals surface area contributed by atoms with E-state index in [-0.39, 0.29) is 5.78 Å². The summed E-state index contributed by atoms with van der Waals surface area (Å²) >= 11 is 0. The minimum absolute atomic E-state index is 0.101. The van der Waals surface area contributed by atoms with Crippen molar-refractivity contribution in [3.05, 3.63) is 65.2 Å². The second-order valence-electron chi connectivity index (χ2n) is 5.32. The van der Waals surface area contributed by atoms with Crippen LogP contribution < -0.4 is 4.74 Å². The van der Waals surface area contributed by atoms with Crippen molar-refractivity contribution in [1.29, 1.82) is 0 Å². The van der Waals surface area contributed by atoms with E-state index >= 15 is 0 Å². The fourth-order valence-corrected chi connectivity index (χ4v) is 2.31. The SMILES string of the molecule is COc1cccc(C(=O)CN(C)Cc2cccc(C)c2)c1. The van der Waals surface area contributed by atoms with Gasteiger partial charge in [0.25, 0.3) is 0 Å². The number of carbonyl (C=O) groups excluding carboxylic acids is 1. The number of hydrogen-bond donors (Lipinski definition) is 0. The van der Waals surface area contributed by atoms with Crippen LogP contribution >= 0.6 is 0 Å². The molecule has 110 valence electrons. The number of likely N-dealkylation sites (N-methyl/N-ethyl adjacent to an activating group) is 1. The number of Topliss-reactive ketones (excluding diaryl/α,β-unsaturated/α-hetero) is 1. The van der Waals surface area contributed by atoms with Crippen molar-refractivity contribution < 1.29 is 9.53 Å². The summed E-state index contributed by atoms with van der Waals surface area (Å²) in [5, 5.41) is 0. The number of nitrogens with zero attached hydrogens (tertiary/aromatic N) is 1. The summed E-state index contributed by atoms with van der Waals surface area (Å²) in [7, 11) is 3.56. The van der Waals surface area contributed by atoms with Gasteiger partial charge in [0.05, 0.1) is 13.7 Å². The van der Waals surface area contributed by atoms with Crippen LogP contribution in [0.15, 0.2) is 48.5 Å². The summed E-state index contributed by atoms with van der Waals surface area (Å²) in [6.45, 7) is 3.23. The number of methoxy groups -OCH3 is 1. The van der Waals surface area contributed by atoms with Gasteiger partial charge < -0.3 is 4.74 Å². The molecule has 0 aromatic heterocycles. The molecule has 0 bridgehead atoms. The highest BCUT2D eigenvalue weighted by Crippen LogP contribution is 2.14. The van der Waals surface area contributed by atoms with Crippen LogP contribution in [0, 0.1) is 6.92 Å². The molecule has 0 unspecified atom stereocenters. The maximum Gasteiger partial charge on any atom is 0.176 e. The van der Waals surface area contributed by atoms with Gasteiger partial charge in [-0.2, -0.15) is 0 Å². The van der Waals surface area contributed by atoms with Gasteiger partial charge in [-0.3, -0.25) is 9.69 Å². The van der Waals surface area contributed by atoms with Crippen LogP contribution in [-0.2, 0) is 6.54 Å². The third kappa shape index (κ3) is 4.43. The van der Waals surface area contributed by atoms with E-state index in [1.807, 2.05) is 36.2 Å². The van der Waals surface area contributed by atoms with Crippen molar-refractivity contribution in [2.24, 2.45) is 0 Å². The second-order valence-corrected chi connectivity index (χ2v) is 5.32. The Balaban J connectivity index is 1.98. The molecule has 0 aliphatic heterocycles. The van der Waals surface area contributed by atoms with Gasteiger partial charge >= 0.3 is 0 Å². The van der Waals surface area contributed by atoms with Crippen molar-refractivity contribution >= 4 is 5.78 Å². The first-order valence-electron chi connectivity index (χ1n) is 7.00. The average molecular weight is 283 g/mol. The number of carbonyl (C=O) groups is 1. The number of hydrogen-bond acceptors (Lipinski definition) is 3. The Morgan fingerprint density at radius 2 is 1.90 bits per heavy atom. The first-order valence-corrected chi connectivity index (χ1v) is 7.00. The van der Waals surface area contributed by atoms with E-state index in [9.17, 15) is 4.79 Å². The molecule has 21 heavy (non-hydrogen) atoms. The summed E-state index contributed by atoms with van der Waals surface area (Å²) in [6, 6.07) is 15.6. The molecule has 0 saturated heterocycles. The Bertz CT molecular complexity index is 622. The molecule has 0 atom stereocenters. The number of ketones is 1. The van der Waals surface area contributed by atoms with Crippen molar-refractivity contribution in [1.82, 2.24) is 4.90 Å². The highest BCUT2D eigenvalue weighted by molar-refractivity contribution is 5.97. The summed E-state index contributed by atoms with van der Waals surface area (Å²) in [5.74, 6) is 0.811. The summed E-state index contributed by atoms with van der Waals surface area (Å²) < 4.78 is 5.15. The fraction of sp³-hybridized carbons (Fsp3) is 0.278. The Morgan fingerprint density at radius 1 is 1.14 bits per heavy atom. The smallest absolute Gasteiger partial charge is 0.176 e. The molecule has 0 heterocycles. The number of benzene rings is 2. The maximum atomic E-state index is 12.3. The largest absolute Gasteiger partial charge is 0.497 e. The standard InChI is InChI=1S/C18H21NO2/c1-14-6-4-7-15(10-14)12-19(2)13-18(20)16-8-5-9-17(11-16)21-3/h4-11H,12-13H2,1-3H3. The molecule has 0 amide bonds. The molecular weight excluding hydrogens is 262 g/mol. The topological polar surface area (TPSA) is 29.5 Å². The Hall–Kier alpha value is -2.13. The lowest BCUT2D eigenvalue weighted by Crippen LogP contribution is -2.25. The number of ether oxygens (including phenoxy) is 1. The first kappa shape index (κ1) is 15.3. The molecular formula is C18H21NO2. The van der Waals surface area contributed by atoms with Crippen LogP contribution in [0.4, 0.5) is 0 Å². The molecule has 0 radical (unpaired) electrons. The molecule has 2 aromatic rings. The van der Waals surface area contributed by atoms with Crippen molar-refractivity contribution in [2.75, 3.05) is 20.7 Å². The van der Waals surface area contributed by atoms with Gasteiger partial charge in [-0.25, -0.2) is 0 Å². The second kappa shape index (κ2) is 7.04. The zero-order chi connectivity index (χ0) is 15.2. The molecule has 3 heteroatoms. The Labute approximate surface area is 126 Å². The highest BCUT2D eigenvalue weighted by Gasteiger charge is 2.10. The predicted molar refractivity (Wildman–Crippen MR) is 84.8 cm³/mol. The van der Waals surface area contributed by atoms with E-state index < -0.39 is 0 Å². The van der Waals surface area contributed by atoms with Crippen LogP contribution in [0.3, 0.4) is 0 Å². The average Bonchev–Trinajstić information content (AvgIpc) is 2.47. The van der Waals surface area contributed by atoms with Crippen LogP contribution in [0.25, 0.3) is 0 Å². The zero-order valence-electron chi connectivity index (χ0n) is 12.8. The number of rotatable bonds is 6. The predicted octanol–water partition coefficient (Wildman–Crippen LogP) is 3.32. The van der Waals surface area contributed by atoms with Crippen LogP contribution in [0.5, 0.6) is 5.75 Å². The molecule has 0 aliphatic rings. The lowest BCUT2D eigenvalue weighted by Gasteiger charge is -2.16. The molecule has 0 aliphatic carbocycles. The van der Waals surface area contributed by atoms with Gasteiger partial charge in [0.15, 0.2) is 5.78 Å². The molecule has 2 aromatic carbocycles. The third-order valence-corrected chi connectivity index (χ3v) is 3.34. The van der Waals surface area contributed by atoms with Crippen molar-refractivity contribution in [3.63, 3.8) is 0 Å². The van der Waals surface area contributed by atoms with Crippen molar-refractivity contribution in [3.8, 4) is 5.75 Å². The van der Waals surface area contributed by atoms with Gasteiger partial charge in [-0.1, -0.05) is 42.0 Å². The number of aryl methyl sites for hydroxylation is 1. The molecule has 2 rings (SSSR count). The monoisotopic (exact) mass is 283 g/mol. The van der Waals surface area contributed by atoms with Gasteiger partial charge in [0, 0.05) is 12.1 Å². The minimum Gasteiger partial charge on any atom is -0.497 e. The maximum absolute atomic E-state index is 12.3. The Kier molecular flexibility index (Phi) is 5.12. The van der Waals surface area contributed by atoms with E-state index in [1.165, 1.54) is 11.1 Å². The van der Waals surface area contributed by atoms with Gasteiger partial charge in [-0.15, -0.1) is 0 Å². The molecule has 0 fully saturated rings. The van der Waals surface area contributed by atoms with Crippen LogP contribution in [0.1, 0.15) is 21.5 Å². The summed E-state index contributed by atoms with van der Waals surface area (Å²) in [4.78, 5) is 14.3. The molecule has 0 spiro atoms. The van der Waals surface area contributed by atoms with Crippen LogP contribution in [-0.4, -0.2) is 31.4 Å². The normalized spacial score (nSPS) is 10.7. The van der Waals surface area contributed by atoms with E-state index in [2.05, 4.69) is 25.1 Å². The van der Waals surface area contributed by atoms with E-state index in [4.69, 9.17) is 4.74 Å². The quantitative estimate of drug-likeness (QED) is 0.762. The van der Waals surface area contributed by atoms with E-state index in [1.54, 1.807) is 13.2 Å². The van der Waals surface area contributed by atoms with Gasteiger partial charge in [-0.05, 0) is 31.7 Å². The minimum atomic E-state index is 0.101. The fourth-order valence-electron chi connectivity index (χ4n) is 2.31. The Morgan fingerprint density at radius 3 is 2.62 bits per heavy atom. The lowest BCUT2D eigenvalue weighted by atomic mass is 10.1. The van der Waals surface area contributed by atoms with E-state index in [0.29, 0.717) is 17.9 Å². The highest BCUT2D eigenvalue weighted by atomic mass is 16.5. The van der Waals surface area contributed by atoms with Crippen molar-refractivity contribution in [2.45, 2.75) is 13.5 Å². The van der Waals surface area contributed by atoms with Crippen LogP contribution in [0.2, 0.25) is 0 Å². The summed E-state index contributed by atoms with van der Waals surface area (Å²) in [6.07, 6.45) is 0. The molecule has 3 nitrogen and oxygen atoms in total. The van der Waals surface area contributed by atoms with Gasteiger partial charge in [0.2, 0.25) is 0 Å².